The van der Waals surface area contributed by atoms with Crippen molar-refractivity contribution in [3.05, 3.63) is 53.6 Å². The van der Waals surface area contributed by atoms with Gasteiger partial charge in [0.2, 0.25) is 5.82 Å². The zero-order valence-electron chi connectivity index (χ0n) is 11.1. The minimum atomic E-state index is -0.964. The molecule has 2 N–H and O–H groups in total. The summed E-state index contributed by atoms with van der Waals surface area (Å²) in [4.78, 5) is 4.20. The van der Waals surface area contributed by atoms with Crippen LogP contribution in [0, 0.1) is 18.6 Å². The Morgan fingerprint density at radius 2 is 1.90 bits per heavy atom. The predicted molar refractivity (Wildman–Crippen MR) is 74.2 cm³/mol. The van der Waals surface area contributed by atoms with Crippen molar-refractivity contribution in [2.75, 3.05) is 5.73 Å². The summed E-state index contributed by atoms with van der Waals surface area (Å²) in [6.07, 6.45) is 0. The van der Waals surface area contributed by atoms with Gasteiger partial charge < -0.3 is 10.3 Å². The highest BCUT2D eigenvalue weighted by atomic mass is 19.2. The van der Waals surface area contributed by atoms with Crippen molar-refractivity contribution in [2.45, 2.75) is 6.92 Å². The standard InChI is InChI=1S/C15H11F2N3O/c1-8-3-2-4-12(18)13(8)15-19-14(20-21-15)9-5-6-10(16)11(17)7-9/h2-7H,18H2,1H3. The summed E-state index contributed by atoms with van der Waals surface area (Å²) in [6, 6.07) is 8.83. The number of aryl methyl sites for hydroxylation is 1. The molecule has 2 aromatic carbocycles. The smallest absolute Gasteiger partial charge is 0.260 e. The Labute approximate surface area is 119 Å². The third kappa shape index (κ3) is 2.35. The van der Waals surface area contributed by atoms with Gasteiger partial charge >= 0.3 is 0 Å². The summed E-state index contributed by atoms with van der Waals surface area (Å²) in [7, 11) is 0. The van der Waals surface area contributed by atoms with Crippen LogP contribution < -0.4 is 5.73 Å². The Balaban J connectivity index is 2.06. The van der Waals surface area contributed by atoms with Crippen LogP contribution in [0.15, 0.2) is 40.9 Å². The molecule has 3 rings (SSSR count). The molecule has 21 heavy (non-hydrogen) atoms. The molecule has 0 amide bonds. The van der Waals surface area contributed by atoms with Crippen LogP contribution in [0.1, 0.15) is 5.56 Å². The van der Waals surface area contributed by atoms with Crippen LogP contribution >= 0.6 is 0 Å². The van der Waals surface area contributed by atoms with Gasteiger partial charge in [-0.1, -0.05) is 17.3 Å². The van der Waals surface area contributed by atoms with E-state index in [1.165, 1.54) is 6.07 Å². The molecule has 0 bridgehead atoms. The largest absolute Gasteiger partial charge is 0.398 e. The third-order valence-electron chi connectivity index (χ3n) is 3.12. The van der Waals surface area contributed by atoms with Gasteiger partial charge in [-0.05, 0) is 36.8 Å². The number of rotatable bonds is 2. The van der Waals surface area contributed by atoms with E-state index in [-0.39, 0.29) is 11.7 Å². The third-order valence-corrected chi connectivity index (χ3v) is 3.12. The van der Waals surface area contributed by atoms with Crippen molar-refractivity contribution in [3.63, 3.8) is 0 Å². The Bertz CT molecular complexity index is 794. The van der Waals surface area contributed by atoms with Gasteiger partial charge in [0.15, 0.2) is 11.6 Å². The first-order chi connectivity index (χ1) is 10.1. The number of nitrogens with zero attached hydrogens (tertiary/aromatic N) is 2. The van der Waals surface area contributed by atoms with Gasteiger partial charge in [0.05, 0.1) is 5.56 Å². The van der Waals surface area contributed by atoms with Gasteiger partial charge in [-0.3, -0.25) is 0 Å². The number of anilines is 1. The molecule has 3 aromatic rings. The highest BCUT2D eigenvalue weighted by Gasteiger charge is 2.16. The monoisotopic (exact) mass is 287 g/mol. The molecule has 0 atom stereocenters. The van der Waals surface area contributed by atoms with Crippen LogP contribution in [-0.4, -0.2) is 10.1 Å². The molecule has 0 aliphatic carbocycles. The predicted octanol–water partition coefficient (Wildman–Crippen LogP) is 3.57. The van der Waals surface area contributed by atoms with Gasteiger partial charge in [-0.25, -0.2) is 8.78 Å². The first-order valence-electron chi connectivity index (χ1n) is 6.21. The van der Waals surface area contributed by atoms with E-state index >= 15 is 0 Å². The fourth-order valence-electron chi connectivity index (χ4n) is 2.06. The summed E-state index contributed by atoms with van der Waals surface area (Å²) in [5.74, 6) is -1.48. The number of benzene rings is 2. The molecule has 0 saturated heterocycles. The number of nitrogens with two attached hydrogens (primary N) is 1. The summed E-state index contributed by atoms with van der Waals surface area (Å²) >= 11 is 0. The molecule has 1 aromatic heterocycles. The lowest BCUT2D eigenvalue weighted by Gasteiger charge is -2.03. The first kappa shape index (κ1) is 13.2. The van der Waals surface area contributed by atoms with Crippen molar-refractivity contribution >= 4 is 5.69 Å². The van der Waals surface area contributed by atoms with Crippen molar-refractivity contribution in [3.8, 4) is 22.8 Å². The Hall–Kier alpha value is -2.76. The quantitative estimate of drug-likeness (QED) is 0.732. The Morgan fingerprint density at radius 3 is 2.62 bits per heavy atom. The second-order valence-electron chi connectivity index (χ2n) is 4.59. The van der Waals surface area contributed by atoms with Crippen molar-refractivity contribution in [1.29, 1.82) is 0 Å². The minimum absolute atomic E-state index is 0.173. The number of hydrogen-bond acceptors (Lipinski definition) is 4. The van der Waals surface area contributed by atoms with Gasteiger partial charge in [0.1, 0.15) is 0 Å². The molecule has 0 aliphatic rings. The van der Waals surface area contributed by atoms with Gasteiger partial charge in [-0.2, -0.15) is 4.98 Å². The molecular weight excluding hydrogens is 276 g/mol. The van der Waals surface area contributed by atoms with E-state index < -0.39 is 11.6 Å². The Morgan fingerprint density at radius 1 is 1.10 bits per heavy atom. The van der Waals surface area contributed by atoms with Crippen LogP contribution in [0.5, 0.6) is 0 Å². The molecule has 0 fully saturated rings. The van der Waals surface area contributed by atoms with E-state index in [0.717, 1.165) is 17.7 Å². The van der Waals surface area contributed by atoms with Crippen molar-refractivity contribution < 1.29 is 13.3 Å². The van der Waals surface area contributed by atoms with Crippen LogP contribution in [-0.2, 0) is 0 Å². The number of nitrogen functional groups attached to an aromatic ring is 1. The highest BCUT2D eigenvalue weighted by molar-refractivity contribution is 5.74. The van der Waals surface area contributed by atoms with Crippen LogP contribution in [0.2, 0.25) is 0 Å². The maximum atomic E-state index is 13.2. The van der Waals surface area contributed by atoms with Crippen LogP contribution in [0.3, 0.4) is 0 Å². The lowest BCUT2D eigenvalue weighted by molar-refractivity contribution is 0.432. The molecule has 0 saturated carbocycles. The van der Waals surface area contributed by atoms with E-state index in [9.17, 15) is 8.78 Å². The van der Waals surface area contributed by atoms with Gasteiger partial charge in [0.25, 0.3) is 5.89 Å². The van der Waals surface area contributed by atoms with Crippen LogP contribution in [0.4, 0.5) is 14.5 Å². The fourth-order valence-corrected chi connectivity index (χ4v) is 2.06. The number of halogens is 2. The molecule has 0 spiro atoms. The molecule has 0 radical (unpaired) electrons. The normalized spacial score (nSPS) is 10.8. The molecular formula is C15H11F2N3O. The lowest BCUT2D eigenvalue weighted by atomic mass is 10.1. The molecule has 0 unspecified atom stereocenters. The maximum Gasteiger partial charge on any atom is 0.260 e. The van der Waals surface area contributed by atoms with E-state index in [4.69, 9.17) is 10.3 Å². The fraction of sp³-hybridized carbons (Fsp3) is 0.0667. The van der Waals surface area contributed by atoms with E-state index in [1.54, 1.807) is 6.07 Å². The zero-order chi connectivity index (χ0) is 15.0. The minimum Gasteiger partial charge on any atom is -0.398 e. The SMILES string of the molecule is Cc1cccc(N)c1-c1nc(-c2ccc(F)c(F)c2)no1. The molecule has 0 aliphatic heterocycles. The maximum absolute atomic E-state index is 13.2. The second-order valence-corrected chi connectivity index (χ2v) is 4.59. The highest BCUT2D eigenvalue weighted by Crippen LogP contribution is 2.29. The van der Waals surface area contributed by atoms with Gasteiger partial charge in [0, 0.05) is 11.3 Å². The van der Waals surface area contributed by atoms with Crippen LogP contribution in [0.25, 0.3) is 22.8 Å². The Kier molecular flexibility index (Phi) is 3.13. The van der Waals surface area contributed by atoms with Crippen molar-refractivity contribution in [2.24, 2.45) is 0 Å². The second kappa shape index (κ2) is 4.97. The molecule has 106 valence electrons. The lowest BCUT2D eigenvalue weighted by Crippen LogP contribution is -1.93. The van der Waals surface area contributed by atoms with E-state index in [1.807, 2.05) is 19.1 Å². The van der Waals surface area contributed by atoms with E-state index in [2.05, 4.69) is 10.1 Å². The topological polar surface area (TPSA) is 64.9 Å². The van der Waals surface area contributed by atoms with E-state index in [0.29, 0.717) is 16.8 Å². The summed E-state index contributed by atoms with van der Waals surface area (Å²) in [5.41, 5.74) is 8.27. The van der Waals surface area contributed by atoms with Crippen molar-refractivity contribution in [1.82, 2.24) is 10.1 Å². The van der Waals surface area contributed by atoms with Gasteiger partial charge in [-0.15, -0.1) is 0 Å². The number of hydrogen-bond donors (Lipinski definition) is 1. The molecule has 1 heterocycles. The summed E-state index contributed by atoms with van der Waals surface area (Å²) in [5, 5.41) is 3.79. The zero-order valence-corrected chi connectivity index (χ0v) is 11.1. The average Bonchev–Trinajstić information content (AvgIpc) is 2.91. The summed E-state index contributed by atoms with van der Waals surface area (Å²) in [6.45, 7) is 1.87. The number of aromatic nitrogens is 2. The molecule has 6 heteroatoms. The summed E-state index contributed by atoms with van der Waals surface area (Å²) < 4.78 is 31.4. The average molecular weight is 287 g/mol. The first-order valence-corrected chi connectivity index (χ1v) is 6.21. The molecule has 4 nitrogen and oxygen atoms in total.